The predicted octanol–water partition coefficient (Wildman–Crippen LogP) is 8.24. The lowest BCUT2D eigenvalue weighted by atomic mass is 9.95. The van der Waals surface area contributed by atoms with Gasteiger partial charge in [-0.05, 0) is 75.0 Å². The molecule has 0 heterocycles. The van der Waals surface area contributed by atoms with E-state index >= 15 is 0 Å². The van der Waals surface area contributed by atoms with Gasteiger partial charge in [0.05, 0.1) is 36.7 Å². The molecule has 0 aliphatic heterocycles. The first-order chi connectivity index (χ1) is 21.4. The van der Waals surface area contributed by atoms with Crippen molar-refractivity contribution in [1.29, 1.82) is 0 Å². The number of amides is 1. The first kappa shape index (κ1) is 36.9. The second kappa shape index (κ2) is 20.5. The lowest BCUT2D eigenvalue weighted by molar-refractivity contribution is -0.512. The highest BCUT2D eigenvalue weighted by atomic mass is 31.2. The summed E-state index contributed by atoms with van der Waals surface area (Å²) in [7, 11) is -1.00. The number of anilines is 1. The van der Waals surface area contributed by atoms with Crippen molar-refractivity contribution in [2.75, 3.05) is 23.8 Å². The summed E-state index contributed by atoms with van der Waals surface area (Å²) < 4.78 is 0. The van der Waals surface area contributed by atoms with E-state index in [1.807, 2.05) is 0 Å². The van der Waals surface area contributed by atoms with E-state index in [9.17, 15) is 4.79 Å². The van der Waals surface area contributed by atoms with Crippen LogP contribution in [0.15, 0.2) is 24.3 Å². The van der Waals surface area contributed by atoms with Gasteiger partial charge in [0.15, 0.2) is 6.04 Å². The molecular formula is C38H69N4OP+2. The Morgan fingerprint density at radius 3 is 1.89 bits per heavy atom. The highest BCUT2D eigenvalue weighted by molar-refractivity contribution is 7.75. The van der Waals surface area contributed by atoms with Crippen molar-refractivity contribution in [1.82, 2.24) is 10.6 Å². The second-order valence-electron chi connectivity index (χ2n) is 14.6. The molecule has 0 saturated heterocycles. The average Bonchev–Trinajstić information content (AvgIpc) is 3.03. The zero-order valence-corrected chi connectivity index (χ0v) is 30.2. The molecule has 1 amide bonds. The van der Waals surface area contributed by atoms with Gasteiger partial charge in [-0.1, -0.05) is 105 Å². The van der Waals surface area contributed by atoms with Crippen molar-refractivity contribution in [3.8, 4) is 0 Å². The topological polar surface area (TPSA) is 67.1 Å². The maximum absolute atomic E-state index is 13.8. The summed E-state index contributed by atoms with van der Waals surface area (Å²) in [6.07, 6.45) is 27.0. The molecule has 2 aliphatic rings. The summed E-state index contributed by atoms with van der Waals surface area (Å²) >= 11 is 0. The number of hydrogen-bond donors (Lipinski definition) is 4. The minimum absolute atomic E-state index is 0.0653. The third-order valence-corrected chi connectivity index (χ3v) is 14.8. The van der Waals surface area contributed by atoms with Crippen LogP contribution >= 0.6 is 7.26 Å². The van der Waals surface area contributed by atoms with Gasteiger partial charge in [0, 0.05) is 12.9 Å². The molecule has 0 radical (unpaired) electrons. The van der Waals surface area contributed by atoms with Crippen LogP contribution in [0.3, 0.4) is 0 Å². The van der Waals surface area contributed by atoms with E-state index in [2.05, 4.69) is 79.8 Å². The molecule has 3 rings (SSSR count). The van der Waals surface area contributed by atoms with Gasteiger partial charge < -0.3 is 5.32 Å². The molecule has 2 fully saturated rings. The molecule has 0 bridgehead atoms. The fraction of sp³-hybridized carbons (Fsp3) is 0.789. The van der Waals surface area contributed by atoms with E-state index in [-0.39, 0.29) is 11.9 Å². The van der Waals surface area contributed by atoms with Crippen LogP contribution in [0.5, 0.6) is 0 Å². The molecule has 1 aromatic carbocycles. The lowest BCUT2D eigenvalue weighted by Crippen LogP contribution is -2.86. The van der Waals surface area contributed by atoms with Crippen LogP contribution < -0.4 is 20.9 Å². The molecule has 0 spiro atoms. The van der Waals surface area contributed by atoms with Gasteiger partial charge >= 0.3 is 5.96 Å². The number of benzene rings is 1. The van der Waals surface area contributed by atoms with E-state index in [0.717, 1.165) is 18.1 Å². The summed E-state index contributed by atoms with van der Waals surface area (Å²) in [5, 5.41) is 10.8. The van der Waals surface area contributed by atoms with Gasteiger partial charge in [0.2, 0.25) is 0 Å². The smallest absolute Gasteiger partial charge is 0.323 e. The molecule has 250 valence electrons. The molecule has 0 unspecified atom stereocenters. The second-order valence-corrected chi connectivity index (χ2v) is 18.9. The fourth-order valence-corrected chi connectivity index (χ4v) is 12.4. The zero-order chi connectivity index (χ0) is 31.6. The summed E-state index contributed by atoms with van der Waals surface area (Å²) in [4.78, 5) is 17.6. The highest BCUT2D eigenvalue weighted by Gasteiger charge is 2.36. The first-order valence-electron chi connectivity index (χ1n) is 18.8. The monoisotopic (exact) mass is 629 g/mol. The normalized spacial score (nSPS) is 17.9. The number of guanidine groups is 1. The minimum atomic E-state index is -1.00. The van der Waals surface area contributed by atoms with Gasteiger partial charge in [-0.25, -0.2) is 0 Å². The van der Waals surface area contributed by atoms with Crippen LogP contribution in [0, 0.1) is 5.92 Å². The third kappa shape index (κ3) is 13.4. The predicted molar refractivity (Wildman–Crippen MR) is 194 cm³/mol. The standard InChI is InChI=1S/C38H67N4OP/c1-6-9-26-44(27-10-7-2,28-11-8-3)30-32-22-24-35(25-23-32)39-37(43)36(29-31(4)5)42-38(40-33-18-14-12-15-19-33)41-34-20-16-13-17-21-34/h22-25,31,33-34,36H,6-21,26-30H2,1-5H3,(H2-,39,40,41,42,43)/p+2/t36-/m0/s1. The van der Waals surface area contributed by atoms with Crippen molar-refractivity contribution in [2.24, 2.45) is 5.92 Å². The summed E-state index contributed by atoms with van der Waals surface area (Å²) in [6.45, 7) is 11.4. The van der Waals surface area contributed by atoms with Crippen LogP contribution in [0.1, 0.15) is 149 Å². The molecule has 2 saturated carbocycles. The Labute approximate surface area is 272 Å². The average molecular weight is 629 g/mol. The highest BCUT2D eigenvalue weighted by Crippen LogP contribution is 2.63. The van der Waals surface area contributed by atoms with Crippen LogP contribution in [-0.2, 0) is 11.0 Å². The van der Waals surface area contributed by atoms with E-state index < -0.39 is 7.26 Å². The minimum Gasteiger partial charge on any atom is -0.323 e. The number of hydrogen-bond acceptors (Lipinski definition) is 1. The Bertz CT molecular complexity index is 928. The Hall–Kier alpha value is -1.61. The van der Waals surface area contributed by atoms with Crippen LogP contribution in [0.25, 0.3) is 0 Å². The quantitative estimate of drug-likeness (QED) is 0.0752. The molecule has 0 aromatic heterocycles. The Morgan fingerprint density at radius 2 is 1.36 bits per heavy atom. The third-order valence-electron chi connectivity index (χ3n) is 9.95. The summed E-state index contributed by atoms with van der Waals surface area (Å²) in [6, 6.07) is 9.59. The van der Waals surface area contributed by atoms with E-state index in [4.69, 9.17) is 0 Å². The van der Waals surface area contributed by atoms with Crippen molar-refractivity contribution >= 4 is 24.8 Å². The van der Waals surface area contributed by atoms with Crippen molar-refractivity contribution in [3.05, 3.63) is 29.8 Å². The van der Waals surface area contributed by atoms with E-state index in [1.54, 1.807) is 0 Å². The molecule has 44 heavy (non-hydrogen) atoms. The maximum Gasteiger partial charge on any atom is 0.344 e. The molecule has 5 nitrogen and oxygen atoms in total. The molecule has 1 atom stereocenters. The van der Waals surface area contributed by atoms with Gasteiger partial charge in [-0.15, -0.1) is 0 Å². The molecular weight excluding hydrogens is 559 g/mol. The number of unbranched alkanes of at least 4 members (excludes halogenated alkanes) is 3. The maximum atomic E-state index is 13.8. The van der Waals surface area contributed by atoms with Crippen LogP contribution in [0.2, 0.25) is 0 Å². The van der Waals surface area contributed by atoms with Crippen molar-refractivity contribution < 1.29 is 9.79 Å². The number of carbonyl (C=O) groups is 1. The first-order valence-corrected chi connectivity index (χ1v) is 21.3. The molecule has 2 aliphatic carbocycles. The molecule has 1 aromatic rings. The number of rotatable bonds is 18. The SMILES string of the molecule is CCCC[P+](CCCC)(CCCC)Cc1ccc(NC(=O)[C@H](CC(C)C)NC(NC2CCCCC2)=[NH+]C2CCCCC2)cc1. The Kier molecular flexibility index (Phi) is 17.2. The van der Waals surface area contributed by atoms with Gasteiger partial charge in [-0.2, -0.15) is 0 Å². The fourth-order valence-electron chi connectivity index (χ4n) is 7.27. The number of carbonyl (C=O) groups excluding carboxylic acids is 1. The summed E-state index contributed by atoms with van der Waals surface area (Å²) in [5.41, 5.74) is 2.37. The van der Waals surface area contributed by atoms with Crippen molar-refractivity contribution in [2.45, 2.75) is 168 Å². The van der Waals surface area contributed by atoms with E-state index in [0.29, 0.717) is 18.0 Å². The molecule has 6 heteroatoms. The summed E-state index contributed by atoms with van der Waals surface area (Å²) in [5.74, 6) is 1.46. The number of nitrogens with one attached hydrogen (secondary N) is 4. The zero-order valence-electron chi connectivity index (χ0n) is 29.3. The van der Waals surface area contributed by atoms with Crippen molar-refractivity contribution in [3.63, 3.8) is 0 Å². The largest absolute Gasteiger partial charge is 0.344 e. The Morgan fingerprint density at radius 1 is 0.818 bits per heavy atom. The van der Waals surface area contributed by atoms with Crippen LogP contribution in [-0.4, -0.2) is 48.5 Å². The van der Waals surface area contributed by atoms with Crippen LogP contribution in [0.4, 0.5) is 5.69 Å². The lowest BCUT2D eigenvalue weighted by Gasteiger charge is -2.28. The molecule has 4 N–H and O–H groups in total. The van der Waals surface area contributed by atoms with Gasteiger partial charge in [0.1, 0.15) is 0 Å². The van der Waals surface area contributed by atoms with Gasteiger partial charge in [-0.3, -0.25) is 20.4 Å². The Balaban J connectivity index is 1.71. The van der Waals surface area contributed by atoms with E-state index in [1.165, 1.54) is 133 Å². The van der Waals surface area contributed by atoms with Gasteiger partial charge in [0.25, 0.3) is 5.91 Å².